The zero-order chi connectivity index (χ0) is 13.9. The van der Waals surface area contributed by atoms with Gasteiger partial charge in [-0.25, -0.2) is 0 Å². The molecule has 0 spiro atoms. The molecule has 0 amide bonds. The SMILES string of the molecule is O=C(O)CN(Cc1cccc(C2CC2)c1)C1CCCC1. The van der Waals surface area contributed by atoms with E-state index in [1.54, 1.807) is 0 Å². The first kappa shape index (κ1) is 13.6. The summed E-state index contributed by atoms with van der Waals surface area (Å²) in [5.41, 5.74) is 2.70. The fraction of sp³-hybridized carbons (Fsp3) is 0.588. The number of hydrogen-bond donors (Lipinski definition) is 1. The summed E-state index contributed by atoms with van der Waals surface area (Å²) in [6.07, 6.45) is 7.40. The molecule has 0 unspecified atom stereocenters. The Bertz CT molecular complexity index is 476. The fourth-order valence-corrected chi connectivity index (χ4v) is 3.35. The van der Waals surface area contributed by atoms with Crippen LogP contribution in [0.5, 0.6) is 0 Å². The van der Waals surface area contributed by atoms with Crippen LogP contribution in [0.3, 0.4) is 0 Å². The Labute approximate surface area is 120 Å². The molecule has 20 heavy (non-hydrogen) atoms. The zero-order valence-corrected chi connectivity index (χ0v) is 11.9. The molecule has 1 aromatic carbocycles. The van der Waals surface area contributed by atoms with Gasteiger partial charge in [0.2, 0.25) is 0 Å². The predicted molar refractivity (Wildman–Crippen MR) is 78.7 cm³/mol. The van der Waals surface area contributed by atoms with E-state index in [1.165, 1.54) is 36.8 Å². The number of nitrogens with zero attached hydrogens (tertiary/aromatic N) is 1. The van der Waals surface area contributed by atoms with Gasteiger partial charge < -0.3 is 5.11 Å². The highest BCUT2D eigenvalue weighted by Crippen LogP contribution is 2.40. The lowest BCUT2D eigenvalue weighted by atomic mass is 10.1. The van der Waals surface area contributed by atoms with Crippen LogP contribution in [0.2, 0.25) is 0 Å². The van der Waals surface area contributed by atoms with E-state index in [2.05, 4.69) is 29.2 Å². The van der Waals surface area contributed by atoms with Crippen molar-refractivity contribution < 1.29 is 9.90 Å². The van der Waals surface area contributed by atoms with Crippen molar-refractivity contribution in [3.63, 3.8) is 0 Å². The summed E-state index contributed by atoms with van der Waals surface area (Å²) in [6.45, 7) is 0.940. The van der Waals surface area contributed by atoms with Gasteiger partial charge in [0.25, 0.3) is 0 Å². The van der Waals surface area contributed by atoms with E-state index in [-0.39, 0.29) is 6.54 Å². The van der Waals surface area contributed by atoms with E-state index in [1.807, 2.05) is 0 Å². The molecule has 3 nitrogen and oxygen atoms in total. The van der Waals surface area contributed by atoms with Gasteiger partial charge in [0.15, 0.2) is 0 Å². The third-order valence-corrected chi connectivity index (χ3v) is 4.56. The van der Waals surface area contributed by atoms with Gasteiger partial charge in [-0.1, -0.05) is 37.1 Å². The first-order chi connectivity index (χ1) is 9.72. The van der Waals surface area contributed by atoms with Crippen molar-refractivity contribution in [1.29, 1.82) is 0 Å². The van der Waals surface area contributed by atoms with Gasteiger partial charge in [0, 0.05) is 12.6 Å². The second-order valence-electron chi connectivity index (χ2n) is 6.26. The molecule has 1 N–H and O–H groups in total. The standard InChI is InChI=1S/C17H23NO2/c19-17(20)12-18(16-6-1-2-7-16)11-13-4-3-5-15(10-13)14-8-9-14/h3-5,10,14,16H,1-2,6-9,11-12H2,(H,19,20). The second kappa shape index (κ2) is 5.96. The lowest BCUT2D eigenvalue weighted by Crippen LogP contribution is -2.37. The topological polar surface area (TPSA) is 40.5 Å². The summed E-state index contributed by atoms with van der Waals surface area (Å²) in [5, 5.41) is 9.13. The Morgan fingerprint density at radius 3 is 2.60 bits per heavy atom. The normalized spacial score (nSPS) is 19.6. The Balaban J connectivity index is 1.70. The van der Waals surface area contributed by atoms with E-state index in [0.717, 1.165) is 25.3 Å². The van der Waals surface area contributed by atoms with Gasteiger partial charge in [-0.3, -0.25) is 9.69 Å². The molecule has 0 aromatic heterocycles. The maximum atomic E-state index is 11.1. The van der Waals surface area contributed by atoms with Crippen LogP contribution in [-0.4, -0.2) is 28.6 Å². The Morgan fingerprint density at radius 2 is 1.95 bits per heavy atom. The number of carbonyl (C=O) groups is 1. The van der Waals surface area contributed by atoms with Crippen molar-refractivity contribution in [2.45, 2.75) is 57.0 Å². The molecule has 2 aliphatic rings. The number of hydrogen-bond acceptors (Lipinski definition) is 2. The zero-order valence-electron chi connectivity index (χ0n) is 11.9. The van der Waals surface area contributed by atoms with Crippen LogP contribution in [0, 0.1) is 0 Å². The average Bonchev–Trinajstić information content (AvgIpc) is 3.13. The third-order valence-electron chi connectivity index (χ3n) is 4.56. The first-order valence-corrected chi connectivity index (χ1v) is 7.77. The molecule has 2 saturated carbocycles. The minimum atomic E-state index is -0.713. The molecule has 1 aromatic rings. The van der Waals surface area contributed by atoms with Crippen molar-refractivity contribution >= 4 is 5.97 Å². The molecule has 0 radical (unpaired) electrons. The van der Waals surface area contributed by atoms with E-state index < -0.39 is 5.97 Å². The Morgan fingerprint density at radius 1 is 1.20 bits per heavy atom. The summed E-state index contributed by atoms with van der Waals surface area (Å²) in [7, 11) is 0. The second-order valence-corrected chi connectivity index (χ2v) is 6.26. The van der Waals surface area contributed by atoms with Crippen molar-refractivity contribution in [3.05, 3.63) is 35.4 Å². The molecule has 2 aliphatic carbocycles. The largest absolute Gasteiger partial charge is 0.480 e. The van der Waals surface area contributed by atoms with Crippen LogP contribution in [0.1, 0.15) is 55.6 Å². The van der Waals surface area contributed by atoms with E-state index >= 15 is 0 Å². The van der Waals surface area contributed by atoms with Crippen LogP contribution in [0.4, 0.5) is 0 Å². The number of aliphatic carboxylic acids is 1. The Kier molecular flexibility index (Phi) is 4.06. The fourth-order valence-electron chi connectivity index (χ4n) is 3.35. The monoisotopic (exact) mass is 273 g/mol. The van der Waals surface area contributed by atoms with Crippen LogP contribution in [-0.2, 0) is 11.3 Å². The van der Waals surface area contributed by atoms with Crippen LogP contribution < -0.4 is 0 Å². The summed E-state index contributed by atoms with van der Waals surface area (Å²) in [5.74, 6) is 0.0459. The average molecular weight is 273 g/mol. The van der Waals surface area contributed by atoms with Crippen molar-refractivity contribution in [2.75, 3.05) is 6.54 Å². The highest BCUT2D eigenvalue weighted by atomic mass is 16.4. The van der Waals surface area contributed by atoms with Crippen LogP contribution >= 0.6 is 0 Å². The molecular formula is C17H23NO2. The quantitative estimate of drug-likeness (QED) is 0.863. The smallest absolute Gasteiger partial charge is 0.317 e. The van der Waals surface area contributed by atoms with Crippen molar-refractivity contribution in [3.8, 4) is 0 Å². The van der Waals surface area contributed by atoms with Gasteiger partial charge >= 0.3 is 5.97 Å². The summed E-state index contributed by atoms with van der Waals surface area (Å²) < 4.78 is 0. The first-order valence-electron chi connectivity index (χ1n) is 7.77. The van der Waals surface area contributed by atoms with Crippen LogP contribution in [0.15, 0.2) is 24.3 Å². The minimum absolute atomic E-state index is 0.165. The molecule has 0 heterocycles. The van der Waals surface area contributed by atoms with E-state index in [0.29, 0.717) is 6.04 Å². The predicted octanol–water partition coefficient (Wildman–Crippen LogP) is 3.39. The lowest BCUT2D eigenvalue weighted by Gasteiger charge is -2.27. The maximum Gasteiger partial charge on any atom is 0.317 e. The Hall–Kier alpha value is -1.35. The molecule has 0 saturated heterocycles. The van der Waals surface area contributed by atoms with Gasteiger partial charge in [0.05, 0.1) is 6.54 Å². The number of carboxylic acids is 1. The van der Waals surface area contributed by atoms with Crippen molar-refractivity contribution in [2.24, 2.45) is 0 Å². The van der Waals surface area contributed by atoms with Gasteiger partial charge in [0.1, 0.15) is 0 Å². The highest BCUT2D eigenvalue weighted by Gasteiger charge is 2.26. The summed E-state index contributed by atoms with van der Waals surface area (Å²) in [4.78, 5) is 13.3. The summed E-state index contributed by atoms with van der Waals surface area (Å²) in [6, 6.07) is 9.20. The van der Waals surface area contributed by atoms with E-state index in [4.69, 9.17) is 5.11 Å². The minimum Gasteiger partial charge on any atom is -0.480 e. The maximum absolute atomic E-state index is 11.1. The molecule has 0 aliphatic heterocycles. The molecule has 0 bridgehead atoms. The molecule has 108 valence electrons. The number of benzene rings is 1. The summed E-state index contributed by atoms with van der Waals surface area (Å²) >= 11 is 0. The molecule has 0 atom stereocenters. The van der Waals surface area contributed by atoms with Gasteiger partial charge in [-0.05, 0) is 42.7 Å². The lowest BCUT2D eigenvalue weighted by molar-refractivity contribution is -0.139. The van der Waals surface area contributed by atoms with Crippen LogP contribution in [0.25, 0.3) is 0 Å². The molecular weight excluding hydrogens is 250 g/mol. The van der Waals surface area contributed by atoms with Gasteiger partial charge in [-0.2, -0.15) is 0 Å². The third kappa shape index (κ3) is 3.40. The number of rotatable bonds is 6. The highest BCUT2D eigenvalue weighted by molar-refractivity contribution is 5.69. The molecule has 3 rings (SSSR count). The van der Waals surface area contributed by atoms with Gasteiger partial charge in [-0.15, -0.1) is 0 Å². The molecule has 2 fully saturated rings. The number of carboxylic acid groups (broad SMARTS) is 1. The van der Waals surface area contributed by atoms with E-state index in [9.17, 15) is 4.79 Å². The molecule has 3 heteroatoms. The van der Waals surface area contributed by atoms with Crippen molar-refractivity contribution in [1.82, 2.24) is 4.90 Å².